The Morgan fingerprint density at radius 3 is 3.00 bits per heavy atom. The molecule has 0 amide bonds. The third-order valence-electron chi connectivity index (χ3n) is 3.69. The molecule has 0 aromatic carbocycles. The highest BCUT2D eigenvalue weighted by Gasteiger charge is 2.34. The van der Waals surface area contributed by atoms with Gasteiger partial charge in [0.15, 0.2) is 0 Å². The summed E-state index contributed by atoms with van der Waals surface area (Å²) in [4.78, 5) is 11.6. The van der Waals surface area contributed by atoms with Crippen LogP contribution in [0.4, 0.5) is 0 Å². The monoisotopic (exact) mass is 265 g/mol. The van der Waals surface area contributed by atoms with Crippen molar-refractivity contribution in [2.45, 2.75) is 46.2 Å². The van der Waals surface area contributed by atoms with E-state index in [0.29, 0.717) is 12.6 Å². The Morgan fingerprint density at radius 1 is 1.63 bits per heavy atom. The van der Waals surface area contributed by atoms with Crippen molar-refractivity contribution >= 4 is 5.97 Å². The van der Waals surface area contributed by atoms with Gasteiger partial charge in [-0.25, -0.2) is 0 Å². The summed E-state index contributed by atoms with van der Waals surface area (Å²) in [7, 11) is 1.97. The molecule has 0 saturated carbocycles. The van der Waals surface area contributed by atoms with Crippen LogP contribution in [0.2, 0.25) is 0 Å². The van der Waals surface area contributed by atoms with Gasteiger partial charge in [-0.2, -0.15) is 5.10 Å². The second-order valence-electron chi connectivity index (χ2n) is 5.90. The predicted octanol–water partition coefficient (Wildman–Crippen LogP) is 1.68. The van der Waals surface area contributed by atoms with Gasteiger partial charge in [0, 0.05) is 17.3 Å². The van der Waals surface area contributed by atoms with Crippen molar-refractivity contribution in [3.05, 3.63) is 17.5 Å². The number of nitrogens with zero attached hydrogens (tertiary/aromatic N) is 2. The summed E-state index contributed by atoms with van der Waals surface area (Å²) >= 11 is 0. The van der Waals surface area contributed by atoms with Gasteiger partial charge in [0.25, 0.3) is 0 Å². The molecule has 1 unspecified atom stereocenters. The van der Waals surface area contributed by atoms with E-state index in [4.69, 9.17) is 4.74 Å². The zero-order valence-electron chi connectivity index (χ0n) is 12.2. The van der Waals surface area contributed by atoms with Gasteiger partial charge in [0.05, 0.1) is 12.8 Å². The molecule has 1 aliphatic carbocycles. The van der Waals surface area contributed by atoms with Gasteiger partial charge in [0.1, 0.15) is 6.54 Å². The van der Waals surface area contributed by atoms with Gasteiger partial charge >= 0.3 is 5.97 Å². The lowest BCUT2D eigenvalue weighted by Crippen LogP contribution is -2.32. The van der Waals surface area contributed by atoms with E-state index < -0.39 is 0 Å². The van der Waals surface area contributed by atoms with E-state index in [-0.39, 0.29) is 17.9 Å². The van der Waals surface area contributed by atoms with Gasteiger partial charge in [0.2, 0.25) is 0 Å². The zero-order chi connectivity index (χ0) is 14.0. The fourth-order valence-electron chi connectivity index (χ4n) is 2.82. The number of carbonyl (C=O) groups excluding carboxylic acids is 1. The van der Waals surface area contributed by atoms with Crippen LogP contribution in [0.25, 0.3) is 0 Å². The molecular formula is C14H23N3O2. The molecule has 1 aromatic heterocycles. The Hall–Kier alpha value is -1.36. The van der Waals surface area contributed by atoms with E-state index in [1.807, 2.05) is 20.2 Å². The van der Waals surface area contributed by atoms with Crippen molar-refractivity contribution in [1.29, 1.82) is 0 Å². The van der Waals surface area contributed by atoms with Crippen LogP contribution >= 0.6 is 0 Å². The molecule has 0 bridgehead atoms. The highest BCUT2D eigenvalue weighted by molar-refractivity contribution is 5.69. The summed E-state index contributed by atoms with van der Waals surface area (Å²) in [6.07, 6.45) is 3.91. The second kappa shape index (κ2) is 5.33. The minimum absolute atomic E-state index is 0.204. The quantitative estimate of drug-likeness (QED) is 0.842. The van der Waals surface area contributed by atoms with E-state index in [0.717, 1.165) is 18.5 Å². The lowest BCUT2D eigenvalue weighted by molar-refractivity contribution is -0.144. The summed E-state index contributed by atoms with van der Waals surface area (Å²) in [5.41, 5.74) is 2.59. The van der Waals surface area contributed by atoms with Crippen molar-refractivity contribution in [3.63, 3.8) is 0 Å². The zero-order valence-corrected chi connectivity index (χ0v) is 12.2. The number of ether oxygens (including phenoxy) is 1. The van der Waals surface area contributed by atoms with Gasteiger partial charge in [-0.05, 0) is 32.2 Å². The molecule has 1 aliphatic rings. The number of hydrogen-bond acceptors (Lipinski definition) is 4. The van der Waals surface area contributed by atoms with Gasteiger partial charge in [-0.1, -0.05) is 13.8 Å². The molecule has 5 heteroatoms. The molecule has 2 rings (SSSR count). The van der Waals surface area contributed by atoms with Crippen molar-refractivity contribution < 1.29 is 9.53 Å². The normalized spacial score (nSPS) is 20.9. The third kappa shape index (κ3) is 2.97. The molecule has 0 aliphatic heterocycles. The average molecular weight is 265 g/mol. The first-order valence-corrected chi connectivity index (χ1v) is 6.84. The Labute approximate surface area is 114 Å². The molecule has 1 heterocycles. The number of hydrogen-bond donors (Lipinski definition) is 1. The summed E-state index contributed by atoms with van der Waals surface area (Å²) in [6.45, 7) is 6.93. The Bertz CT molecular complexity index is 465. The molecule has 1 N–H and O–H groups in total. The topological polar surface area (TPSA) is 56.2 Å². The standard InChI is InChI=1S/C14H23N3O2/c1-5-19-13(18)9-17-12-7-14(2,3)6-11(15-4)10(12)8-16-17/h8,11,15H,5-7,9H2,1-4H3. The minimum atomic E-state index is -0.224. The first kappa shape index (κ1) is 14.1. The van der Waals surface area contributed by atoms with Crippen LogP contribution in [0.1, 0.15) is 44.5 Å². The molecule has 106 valence electrons. The number of esters is 1. The summed E-state index contributed by atoms with van der Waals surface area (Å²) in [5, 5.41) is 7.70. The first-order chi connectivity index (χ1) is 8.96. The Balaban J connectivity index is 2.25. The van der Waals surface area contributed by atoms with Gasteiger partial charge in [-0.3, -0.25) is 9.48 Å². The lowest BCUT2D eigenvalue weighted by Gasteiger charge is -2.35. The van der Waals surface area contributed by atoms with E-state index >= 15 is 0 Å². The molecule has 0 spiro atoms. The molecule has 0 fully saturated rings. The largest absolute Gasteiger partial charge is 0.465 e. The molecule has 0 saturated heterocycles. The Morgan fingerprint density at radius 2 is 2.37 bits per heavy atom. The third-order valence-corrected chi connectivity index (χ3v) is 3.69. The Kier molecular flexibility index (Phi) is 3.94. The summed E-state index contributed by atoms with van der Waals surface area (Å²) < 4.78 is 6.79. The van der Waals surface area contributed by atoms with Gasteiger partial charge < -0.3 is 10.1 Å². The fraction of sp³-hybridized carbons (Fsp3) is 0.714. The smallest absolute Gasteiger partial charge is 0.327 e. The summed E-state index contributed by atoms with van der Waals surface area (Å²) in [5.74, 6) is -0.224. The highest BCUT2D eigenvalue weighted by Crippen LogP contribution is 2.40. The SMILES string of the molecule is CCOC(=O)Cn1ncc2c1CC(C)(C)CC2NC. The average Bonchev–Trinajstić information content (AvgIpc) is 2.70. The van der Waals surface area contributed by atoms with Gasteiger partial charge in [-0.15, -0.1) is 0 Å². The molecule has 19 heavy (non-hydrogen) atoms. The number of rotatable bonds is 4. The van der Waals surface area contributed by atoms with Crippen molar-refractivity contribution in [1.82, 2.24) is 15.1 Å². The van der Waals surface area contributed by atoms with E-state index in [1.54, 1.807) is 4.68 Å². The second-order valence-corrected chi connectivity index (χ2v) is 5.90. The van der Waals surface area contributed by atoms with Crippen LogP contribution in [-0.4, -0.2) is 29.4 Å². The highest BCUT2D eigenvalue weighted by atomic mass is 16.5. The van der Waals surface area contributed by atoms with Crippen LogP contribution in [0.15, 0.2) is 6.20 Å². The summed E-state index contributed by atoms with van der Waals surface area (Å²) in [6, 6.07) is 0.315. The van der Waals surface area contributed by atoms with E-state index in [1.165, 1.54) is 5.56 Å². The maximum absolute atomic E-state index is 11.6. The molecule has 1 atom stereocenters. The number of fused-ring (bicyclic) bond motifs is 1. The van der Waals surface area contributed by atoms with E-state index in [9.17, 15) is 4.79 Å². The maximum atomic E-state index is 11.6. The molecular weight excluding hydrogens is 242 g/mol. The van der Waals surface area contributed by atoms with Crippen LogP contribution < -0.4 is 5.32 Å². The number of aromatic nitrogens is 2. The van der Waals surface area contributed by atoms with E-state index in [2.05, 4.69) is 24.3 Å². The fourth-order valence-corrected chi connectivity index (χ4v) is 2.82. The molecule has 5 nitrogen and oxygen atoms in total. The minimum Gasteiger partial charge on any atom is -0.465 e. The van der Waals surface area contributed by atoms with Crippen LogP contribution in [0, 0.1) is 5.41 Å². The number of nitrogens with one attached hydrogen (secondary N) is 1. The van der Waals surface area contributed by atoms with Crippen molar-refractivity contribution in [2.75, 3.05) is 13.7 Å². The first-order valence-electron chi connectivity index (χ1n) is 6.84. The van der Waals surface area contributed by atoms with Crippen LogP contribution in [0.3, 0.4) is 0 Å². The molecule has 1 aromatic rings. The van der Waals surface area contributed by atoms with Crippen molar-refractivity contribution in [3.8, 4) is 0 Å². The number of carbonyl (C=O) groups is 1. The predicted molar refractivity (Wildman–Crippen MR) is 72.8 cm³/mol. The lowest BCUT2D eigenvalue weighted by atomic mass is 9.74. The van der Waals surface area contributed by atoms with Crippen molar-refractivity contribution in [2.24, 2.45) is 5.41 Å². The molecule has 0 radical (unpaired) electrons. The maximum Gasteiger partial charge on any atom is 0.327 e. The van der Waals surface area contributed by atoms with Crippen LogP contribution in [0.5, 0.6) is 0 Å². The van der Waals surface area contributed by atoms with Crippen LogP contribution in [-0.2, 0) is 22.5 Å².